The van der Waals surface area contributed by atoms with E-state index in [1.165, 1.54) is 6.92 Å². The van der Waals surface area contributed by atoms with Crippen molar-refractivity contribution >= 4 is 21.8 Å². The van der Waals surface area contributed by atoms with Gasteiger partial charge in [-0.15, -0.1) is 0 Å². The van der Waals surface area contributed by atoms with E-state index >= 15 is 0 Å². The van der Waals surface area contributed by atoms with Crippen LogP contribution in [0.25, 0.3) is 11.1 Å². The predicted molar refractivity (Wildman–Crippen MR) is 111 cm³/mol. The van der Waals surface area contributed by atoms with Gasteiger partial charge in [0, 0.05) is 13.5 Å². The first-order chi connectivity index (χ1) is 13.8. The molecule has 2 N–H and O–H groups in total. The average Bonchev–Trinajstić information content (AvgIpc) is 3.09. The molecule has 7 nitrogen and oxygen atoms in total. The molecule has 0 unspecified atom stereocenters. The van der Waals surface area contributed by atoms with Crippen LogP contribution in [0, 0.1) is 6.92 Å². The van der Waals surface area contributed by atoms with Crippen molar-refractivity contribution in [1.29, 1.82) is 0 Å². The number of carbonyl (C=O) groups excluding carboxylic acids is 1. The van der Waals surface area contributed by atoms with Crippen LogP contribution in [0.4, 0.5) is 5.88 Å². The van der Waals surface area contributed by atoms with E-state index in [1.807, 2.05) is 37.3 Å². The minimum absolute atomic E-state index is 0.169. The van der Waals surface area contributed by atoms with Gasteiger partial charge in [0.05, 0.1) is 16.2 Å². The number of nitrogens with one attached hydrogen (secondary N) is 2. The van der Waals surface area contributed by atoms with Gasteiger partial charge in [0.15, 0.2) is 0 Å². The molecule has 0 saturated carbocycles. The maximum Gasteiger partial charge on any atom is 0.241 e. The number of aromatic nitrogens is 1. The molecular formula is C21H23N3O4S. The molecule has 0 aliphatic heterocycles. The second-order valence-electron chi connectivity index (χ2n) is 6.66. The molecule has 0 atom stereocenters. The number of carbonyl (C=O) groups is 1. The topological polar surface area (TPSA) is 101 Å². The fraction of sp³-hybridized carbons (Fsp3) is 0.238. The van der Waals surface area contributed by atoms with Crippen molar-refractivity contribution in [1.82, 2.24) is 9.88 Å². The van der Waals surface area contributed by atoms with E-state index in [9.17, 15) is 13.2 Å². The van der Waals surface area contributed by atoms with Crippen molar-refractivity contribution in [3.63, 3.8) is 0 Å². The number of sulfonamides is 1. The number of benzene rings is 2. The fourth-order valence-corrected chi connectivity index (χ4v) is 4.29. The van der Waals surface area contributed by atoms with Gasteiger partial charge in [-0.2, -0.15) is 0 Å². The van der Waals surface area contributed by atoms with E-state index in [1.54, 1.807) is 25.1 Å². The average molecular weight is 413 g/mol. The highest BCUT2D eigenvalue weighted by Crippen LogP contribution is 2.34. The first-order valence-electron chi connectivity index (χ1n) is 9.22. The van der Waals surface area contributed by atoms with Crippen molar-refractivity contribution in [2.45, 2.75) is 38.6 Å². The molecule has 0 fully saturated rings. The van der Waals surface area contributed by atoms with E-state index in [-0.39, 0.29) is 23.2 Å². The molecule has 2 aromatic carbocycles. The third kappa shape index (κ3) is 4.72. The van der Waals surface area contributed by atoms with Crippen LogP contribution in [0.1, 0.15) is 30.7 Å². The van der Waals surface area contributed by atoms with Crippen LogP contribution in [0.15, 0.2) is 57.9 Å². The molecule has 1 aromatic heterocycles. The fourth-order valence-electron chi connectivity index (χ4n) is 3.00. The Morgan fingerprint density at radius 1 is 1.14 bits per heavy atom. The maximum absolute atomic E-state index is 12.9. The Morgan fingerprint density at radius 2 is 1.86 bits per heavy atom. The smallest absolute Gasteiger partial charge is 0.241 e. The van der Waals surface area contributed by atoms with Crippen LogP contribution in [-0.4, -0.2) is 19.5 Å². The molecule has 0 radical (unpaired) electrons. The Balaban J connectivity index is 1.98. The third-order valence-corrected chi connectivity index (χ3v) is 6.01. The highest BCUT2D eigenvalue weighted by atomic mass is 32.2. The van der Waals surface area contributed by atoms with E-state index in [2.05, 4.69) is 15.2 Å². The van der Waals surface area contributed by atoms with Crippen molar-refractivity contribution < 1.29 is 17.7 Å². The number of hydrogen-bond donors (Lipinski definition) is 2. The van der Waals surface area contributed by atoms with E-state index in [4.69, 9.17) is 4.52 Å². The van der Waals surface area contributed by atoms with Crippen molar-refractivity contribution in [2.75, 3.05) is 5.32 Å². The van der Waals surface area contributed by atoms with Gasteiger partial charge < -0.3 is 4.52 Å². The van der Waals surface area contributed by atoms with Gasteiger partial charge in [-0.3, -0.25) is 10.1 Å². The number of nitrogens with zero attached hydrogens (tertiary/aromatic N) is 1. The van der Waals surface area contributed by atoms with Crippen LogP contribution < -0.4 is 10.0 Å². The second-order valence-corrected chi connectivity index (χ2v) is 8.39. The zero-order valence-electron chi connectivity index (χ0n) is 16.5. The largest absolute Gasteiger partial charge is 0.337 e. The first kappa shape index (κ1) is 20.8. The molecule has 0 aliphatic carbocycles. The van der Waals surface area contributed by atoms with Crippen LogP contribution in [0.5, 0.6) is 0 Å². The molecule has 3 rings (SSSR count). The highest BCUT2D eigenvalue weighted by Gasteiger charge is 2.22. The lowest BCUT2D eigenvalue weighted by Crippen LogP contribution is -2.24. The summed E-state index contributed by atoms with van der Waals surface area (Å²) in [5.74, 6) is -0.0895. The number of aryl methyl sites for hydroxylation is 2. The normalized spacial score (nSPS) is 11.4. The summed E-state index contributed by atoms with van der Waals surface area (Å²) in [6.07, 6.45) is 0.570. The number of rotatable bonds is 7. The summed E-state index contributed by atoms with van der Waals surface area (Å²) < 4.78 is 33.8. The Hall–Kier alpha value is -2.97. The van der Waals surface area contributed by atoms with Gasteiger partial charge in [-0.05, 0) is 36.1 Å². The Kier molecular flexibility index (Phi) is 6.14. The lowest BCUT2D eigenvalue weighted by molar-refractivity contribution is -0.114. The van der Waals surface area contributed by atoms with Gasteiger partial charge >= 0.3 is 0 Å². The SMILES string of the molecule is CCc1noc(NC(C)=O)c1-c1ccc(C)c(S(=O)(=O)NCc2ccccc2)c1. The molecule has 29 heavy (non-hydrogen) atoms. The van der Waals surface area contributed by atoms with Crippen LogP contribution in [0.3, 0.4) is 0 Å². The van der Waals surface area contributed by atoms with Gasteiger partial charge in [-0.25, -0.2) is 13.1 Å². The molecule has 3 aromatic rings. The molecule has 0 spiro atoms. The third-order valence-electron chi connectivity index (χ3n) is 4.46. The van der Waals surface area contributed by atoms with Gasteiger partial charge in [0.2, 0.25) is 21.8 Å². The summed E-state index contributed by atoms with van der Waals surface area (Å²) in [4.78, 5) is 11.7. The van der Waals surface area contributed by atoms with Crippen molar-refractivity contribution in [3.8, 4) is 11.1 Å². The molecule has 0 bridgehead atoms. The summed E-state index contributed by atoms with van der Waals surface area (Å²) in [6.45, 7) is 5.21. The van der Waals surface area contributed by atoms with Gasteiger partial charge in [-0.1, -0.05) is 54.5 Å². The molecular weight excluding hydrogens is 390 g/mol. The Bertz CT molecular complexity index is 1120. The molecule has 152 valence electrons. The Morgan fingerprint density at radius 3 is 2.52 bits per heavy atom. The quantitative estimate of drug-likeness (QED) is 0.616. The summed E-state index contributed by atoms with van der Waals surface area (Å²) in [5, 5.41) is 6.61. The van der Waals surface area contributed by atoms with Crippen molar-refractivity contribution in [3.05, 3.63) is 65.4 Å². The lowest BCUT2D eigenvalue weighted by Gasteiger charge is -2.12. The van der Waals surface area contributed by atoms with E-state index in [0.717, 1.165) is 5.56 Å². The number of hydrogen-bond acceptors (Lipinski definition) is 5. The predicted octanol–water partition coefficient (Wildman–Crippen LogP) is 3.65. The Labute approximate surface area is 170 Å². The number of amides is 1. The van der Waals surface area contributed by atoms with E-state index < -0.39 is 10.0 Å². The van der Waals surface area contributed by atoms with Crippen LogP contribution in [0.2, 0.25) is 0 Å². The lowest BCUT2D eigenvalue weighted by atomic mass is 10.0. The summed E-state index contributed by atoms with van der Waals surface area (Å²) in [5.41, 5.74) is 3.31. The minimum atomic E-state index is -3.75. The molecule has 1 amide bonds. The first-order valence-corrected chi connectivity index (χ1v) is 10.7. The van der Waals surface area contributed by atoms with Crippen molar-refractivity contribution in [2.24, 2.45) is 0 Å². The second kappa shape index (κ2) is 8.59. The standard InChI is InChI=1S/C21H23N3O4S/c1-4-18-20(21(28-24-18)23-15(3)25)17-11-10-14(2)19(12-17)29(26,27)22-13-16-8-6-5-7-9-16/h5-12,22H,4,13H2,1-3H3,(H,23,25). The van der Waals surface area contributed by atoms with E-state index in [0.29, 0.717) is 28.8 Å². The summed E-state index contributed by atoms with van der Waals surface area (Å²) in [6, 6.07) is 14.4. The monoisotopic (exact) mass is 413 g/mol. The van der Waals surface area contributed by atoms with Gasteiger partial charge in [0.25, 0.3) is 0 Å². The molecule has 8 heteroatoms. The minimum Gasteiger partial charge on any atom is -0.337 e. The molecule has 1 heterocycles. The zero-order valence-corrected chi connectivity index (χ0v) is 17.3. The molecule has 0 aliphatic rings. The highest BCUT2D eigenvalue weighted by molar-refractivity contribution is 7.89. The number of anilines is 1. The zero-order chi connectivity index (χ0) is 21.0. The summed E-state index contributed by atoms with van der Waals surface area (Å²) >= 11 is 0. The molecule has 0 saturated heterocycles. The van der Waals surface area contributed by atoms with Crippen LogP contribution in [-0.2, 0) is 27.8 Å². The van der Waals surface area contributed by atoms with Gasteiger partial charge in [0.1, 0.15) is 0 Å². The summed E-state index contributed by atoms with van der Waals surface area (Å²) in [7, 11) is -3.75. The van der Waals surface area contributed by atoms with Crippen LogP contribution >= 0.6 is 0 Å². The maximum atomic E-state index is 12.9.